The van der Waals surface area contributed by atoms with Crippen LogP contribution in [0.5, 0.6) is 0 Å². The zero-order valence-corrected chi connectivity index (χ0v) is 25.2. The summed E-state index contributed by atoms with van der Waals surface area (Å²) in [7, 11) is -3.55. The van der Waals surface area contributed by atoms with Crippen molar-refractivity contribution in [1.82, 2.24) is 9.80 Å². The second-order valence-electron chi connectivity index (χ2n) is 9.58. The minimum atomic E-state index is -5.18. The number of benzene rings is 2. The van der Waals surface area contributed by atoms with Crippen LogP contribution >= 0.6 is 15.2 Å². The smallest absolute Gasteiger partial charge is 0.348 e. The second kappa shape index (κ2) is 15.0. The van der Waals surface area contributed by atoms with Crippen LogP contribution in [0.4, 0.5) is 17.6 Å². The standard InChI is InChI=1S/C21H26N2O2.2C2H5F2O3P/c1-22(2)19(24)21(20(25)23(3)4,15-17-11-7-5-8-12-17)16-18-13-9-6-10-14-18;2*1-2(3,4)8(5,6)7/h5-14H,15-16H2,1-4H3;2*1H3,(H2,5,6,7). The summed E-state index contributed by atoms with van der Waals surface area (Å²) in [6.45, 7) is 0.349. The van der Waals surface area contributed by atoms with Crippen molar-refractivity contribution in [2.75, 3.05) is 28.2 Å². The van der Waals surface area contributed by atoms with Crippen molar-refractivity contribution in [2.24, 2.45) is 5.41 Å². The number of rotatable bonds is 8. The van der Waals surface area contributed by atoms with Crippen molar-refractivity contribution in [3.05, 3.63) is 71.8 Å². The summed E-state index contributed by atoms with van der Waals surface area (Å²) >= 11 is 0. The predicted molar refractivity (Wildman–Crippen MR) is 145 cm³/mol. The molecule has 4 N–H and O–H groups in total. The van der Waals surface area contributed by atoms with Crippen molar-refractivity contribution < 1.29 is 55.9 Å². The number of carbonyl (C=O) groups excluding carboxylic acids is 2. The summed E-state index contributed by atoms with van der Waals surface area (Å²) in [6, 6.07) is 19.5. The van der Waals surface area contributed by atoms with Gasteiger partial charge in [0.1, 0.15) is 5.41 Å². The number of hydrogen-bond donors (Lipinski definition) is 4. The first kappa shape index (κ1) is 38.4. The van der Waals surface area contributed by atoms with Crippen LogP contribution in [0.3, 0.4) is 0 Å². The molecule has 16 heteroatoms. The second-order valence-corrected chi connectivity index (χ2v) is 13.3. The van der Waals surface area contributed by atoms with Crippen molar-refractivity contribution in [2.45, 2.75) is 38.0 Å². The normalized spacial score (nSPS) is 12.2. The number of halogens is 4. The van der Waals surface area contributed by atoms with Crippen LogP contribution in [0.15, 0.2) is 60.7 Å². The van der Waals surface area contributed by atoms with Crippen LogP contribution in [0.25, 0.3) is 0 Å². The van der Waals surface area contributed by atoms with E-state index in [0.717, 1.165) is 11.1 Å². The Kier molecular flexibility index (Phi) is 14.1. The summed E-state index contributed by atoms with van der Waals surface area (Å²) in [5, 5.41) is 0. The molecule has 10 nitrogen and oxygen atoms in total. The molecule has 0 heterocycles. The zero-order valence-electron chi connectivity index (χ0n) is 23.4. The lowest BCUT2D eigenvalue weighted by Crippen LogP contribution is -2.53. The van der Waals surface area contributed by atoms with Gasteiger partial charge < -0.3 is 29.4 Å². The van der Waals surface area contributed by atoms with Gasteiger partial charge in [0.05, 0.1) is 0 Å². The van der Waals surface area contributed by atoms with Gasteiger partial charge in [-0.2, -0.15) is 17.6 Å². The summed E-state index contributed by atoms with van der Waals surface area (Å²) < 4.78 is 65.1. The minimum absolute atomic E-state index is 0.168. The Bertz CT molecular complexity index is 1110. The van der Waals surface area contributed by atoms with Gasteiger partial charge in [-0.3, -0.25) is 18.7 Å². The van der Waals surface area contributed by atoms with E-state index in [0.29, 0.717) is 12.8 Å². The average molecular weight is 631 g/mol. The van der Waals surface area contributed by atoms with Crippen LogP contribution in [0, 0.1) is 5.41 Å². The quantitative estimate of drug-likeness (QED) is 0.192. The summed E-state index contributed by atoms with van der Waals surface area (Å²) in [5.41, 5.74) is -7.00. The van der Waals surface area contributed by atoms with E-state index < -0.39 is 31.9 Å². The Hall–Kier alpha value is -2.60. The molecule has 2 aromatic carbocycles. The number of alkyl halides is 4. The third-order valence-electron chi connectivity index (χ3n) is 5.35. The molecule has 0 bridgehead atoms. The van der Waals surface area contributed by atoms with Crippen LogP contribution < -0.4 is 0 Å². The lowest BCUT2D eigenvalue weighted by Gasteiger charge is -2.36. The molecule has 2 amide bonds. The van der Waals surface area contributed by atoms with Crippen molar-refractivity contribution in [3.63, 3.8) is 0 Å². The molecule has 232 valence electrons. The molecule has 0 unspecified atom stereocenters. The lowest BCUT2D eigenvalue weighted by molar-refractivity contribution is -0.153. The van der Waals surface area contributed by atoms with E-state index in [1.165, 1.54) is 9.80 Å². The molecule has 2 aromatic rings. The zero-order chi connectivity index (χ0) is 32.4. The molecule has 0 atom stereocenters. The number of hydrogen-bond acceptors (Lipinski definition) is 4. The predicted octanol–water partition coefficient (Wildman–Crippen LogP) is 4.19. The first-order valence-electron chi connectivity index (χ1n) is 11.7. The molecule has 0 aliphatic heterocycles. The fourth-order valence-corrected chi connectivity index (χ4v) is 3.20. The third kappa shape index (κ3) is 12.4. The Morgan fingerprint density at radius 1 is 0.634 bits per heavy atom. The lowest BCUT2D eigenvalue weighted by atomic mass is 9.74. The molecule has 0 fully saturated rings. The first-order chi connectivity index (χ1) is 18.4. The van der Waals surface area contributed by atoms with Gasteiger partial charge in [-0.05, 0) is 24.0 Å². The molecular weight excluding hydrogens is 594 g/mol. The van der Waals surface area contributed by atoms with Gasteiger partial charge in [0, 0.05) is 42.0 Å². The average Bonchev–Trinajstić information content (AvgIpc) is 2.82. The molecule has 0 spiro atoms. The fourth-order valence-electron chi connectivity index (χ4n) is 3.20. The largest absolute Gasteiger partial charge is 0.394 e. The third-order valence-corrected chi connectivity index (χ3v) is 7.40. The minimum Gasteiger partial charge on any atom is -0.348 e. The first-order valence-corrected chi connectivity index (χ1v) is 15.0. The van der Waals surface area contributed by atoms with Gasteiger partial charge in [-0.15, -0.1) is 0 Å². The van der Waals surface area contributed by atoms with Crippen LogP contribution in [0.1, 0.15) is 25.0 Å². The molecule has 0 aliphatic rings. The van der Waals surface area contributed by atoms with Gasteiger partial charge in [-0.25, -0.2) is 0 Å². The van der Waals surface area contributed by atoms with E-state index >= 15 is 0 Å². The number of nitrogens with zero attached hydrogens (tertiary/aromatic N) is 2. The topological polar surface area (TPSA) is 156 Å². The van der Waals surface area contributed by atoms with Gasteiger partial charge in [0.25, 0.3) is 0 Å². The molecule has 0 saturated carbocycles. The summed E-state index contributed by atoms with van der Waals surface area (Å²) in [4.78, 5) is 60.3. The van der Waals surface area contributed by atoms with E-state index in [-0.39, 0.29) is 25.7 Å². The summed E-state index contributed by atoms with van der Waals surface area (Å²) in [6.07, 6.45) is 0.744. The molecular formula is C25H36F4N2O8P2. The molecule has 0 aliphatic carbocycles. The molecule has 0 aromatic heterocycles. The van der Waals surface area contributed by atoms with E-state index in [2.05, 4.69) is 0 Å². The molecule has 41 heavy (non-hydrogen) atoms. The molecule has 0 radical (unpaired) electrons. The van der Waals surface area contributed by atoms with Gasteiger partial charge >= 0.3 is 26.5 Å². The maximum Gasteiger partial charge on any atom is 0.394 e. The summed E-state index contributed by atoms with van der Waals surface area (Å²) in [5.74, 6) is -0.335. The monoisotopic (exact) mass is 630 g/mol. The highest BCUT2D eigenvalue weighted by Crippen LogP contribution is 2.52. The van der Waals surface area contributed by atoms with E-state index in [9.17, 15) is 36.3 Å². The molecule has 0 saturated heterocycles. The van der Waals surface area contributed by atoms with Crippen LogP contribution in [-0.4, -0.2) is 80.7 Å². The van der Waals surface area contributed by atoms with Gasteiger partial charge in [0.15, 0.2) is 0 Å². The van der Waals surface area contributed by atoms with E-state index in [1.54, 1.807) is 28.2 Å². The highest BCUT2D eigenvalue weighted by atomic mass is 31.2. The highest BCUT2D eigenvalue weighted by Gasteiger charge is 2.48. The van der Waals surface area contributed by atoms with Crippen LogP contribution in [-0.2, 0) is 31.6 Å². The van der Waals surface area contributed by atoms with Crippen molar-refractivity contribution in [3.8, 4) is 0 Å². The SMILES string of the molecule is CC(F)(F)P(=O)(O)O.CC(F)(F)P(=O)(O)O.CN(C)C(=O)C(Cc1ccccc1)(Cc1ccccc1)C(=O)N(C)C. The molecule has 2 rings (SSSR count). The number of carbonyl (C=O) groups is 2. The Balaban J connectivity index is 0.000000820. The highest BCUT2D eigenvalue weighted by molar-refractivity contribution is 7.53. The number of amides is 2. The van der Waals surface area contributed by atoms with E-state index in [1.807, 2.05) is 60.7 Å². The van der Waals surface area contributed by atoms with Gasteiger partial charge in [-0.1, -0.05) is 60.7 Å². The van der Waals surface area contributed by atoms with Gasteiger partial charge in [0.2, 0.25) is 11.8 Å². The Morgan fingerprint density at radius 3 is 1.02 bits per heavy atom. The van der Waals surface area contributed by atoms with Crippen molar-refractivity contribution >= 4 is 27.0 Å². The Labute approximate surface area is 236 Å². The van der Waals surface area contributed by atoms with E-state index in [4.69, 9.17) is 19.6 Å². The Morgan fingerprint density at radius 2 is 0.854 bits per heavy atom. The maximum absolute atomic E-state index is 13.2. The maximum atomic E-state index is 13.2. The van der Waals surface area contributed by atoms with Crippen molar-refractivity contribution in [1.29, 1.82) is 0 Å². The van der Waals surface area contributed by atoms with Crippen LogP contribution in [0.2, 0.25) is 0 Å². The fraction of sp³-hybridized carbons (Fsp3) is 0.440.